The summed E-state index contributed by atoms with van der Waals surface area (Å²) in [5, 5.41) is 8.25. The Kier molecular flexibility index (Phi) is 4.81. The van der Waals surface area contributed by atoms with Gasteiger partial charge in [0.05, 0.1) is 7.11 Å². The Morgan fingerprint density at radius 3 is 2.43 bits per heavy atom. The van der Waals surface area contributed by atoms with E-state index in [9.17, 15) is 0 Å². The van der Waals surface area contributed by atoms with Crippen LogP contribution in [0.3, 0.4) is 0 Å². The maximum atomic E-state index is 5.84. The first kappa shape index (κ1) is 18.1. The molecule has 0 aromatic carbocycles. The van der Waals surface area contributed by atoms with Gasteiger partial charge in [-0.15, -0.1) is 10.2 Å². The number of nitrogens with zero attached hydrogens (tertiary/aromatic N) is 7. The number of methoxy groups -OCH3 is 1. The van der Waals surface area contributed by atoms with Crippen molar-refractivity contribution >= 4 is 11.8 Å². The number of rotatable bonds is 4. The van der Waals surface area contributed by atoms with Gasteiger partial charge >= 0.3 is 6.01 Å². The Morgan fingerprint density at radius 1 is 1.11 bits per heavy atom. The van der Waals surface area contributed by atoms with Gasteiger partial charge in [-0.25, -0.2) is 15.0 Å². The first-order valence-electron chi connectivity index (χ1n) is 9.30. The largest absolute Gasteiger partial charge is 0.467 e. The van der Waals surface area contributed by atoms with Gasteiger partial charge in [-0.05, 0) is 31.9 Å². The minimum Gasteiger partial charge on any atom is -0.467 e. The van der Waals surface area contributed by atoms with Gasteiger partial charge in [-0.3, -0.25) is 0 Å². The van der Waals surface area contributed by atoms with Crippen LogP contribution in [0.2, 0.25) is 0 Å². The molecule has 4 heterocycles. The Balaban J connectivity index is 1.58. The maximum Gasteiger partial charge on any atom is 0.316 e. The molecule has 0 atom stereocenters. The molecule has 1 saturated heterocycles. The van der Waals surface area contributed by atoms with Crippen LogP contribution < -0.4 is 15.4 Å². The van der Waals surface area contributed by atoms with Crippen LogP contribution in [-0.4, -0.2) is 49.9 Å². The van der Waals surface area contributed by atoms with E-state index in [-0.39, 0.29) is 0 Å². The van der Waals surface area contributed by atoms with E-state index in [0.29, 0.717) is 17.9 Å². The molecular formula is C19H24N8O. The van der Waals surface area contributed by atoms with Crippen LogP contribution in [0.5, 0.6) is 6.01 Å². The molecule has 146 valence electrons. The fourth-order valence-corrected chi connectivity index (χ4v) is 3.63. The van der Waals surface area contributed by atoms with E-state index in [1.165, 1.54) is 0 Å². The van der Waals surface area contributed by atoms with E-state index < -0.39 is 0 Å². The molecule has 0 amide bonds. The van der Waals surface area contributed by atoms with Gasteiger partial charge in [0.2, 0.25) is 5.95 Å². The van der Waals surface area contributed by atoms with Gasteiger partial charge in [0.15, 0.2) is 0 Å². The summed E-state index contributed by atoms with van der Waals surface area (Å²) in [7, 11) is 3.48. The lowest BCUT2D eigenvalue weighted by Gasteiger charge is -2.33. The average molecular weight is 380 g/mol. The van der Waals surface area contributed by atoms with Crippen LogP contribution in [0.4, 0.5) is 11.8 Å². The highest BCUT2D eigenvalue weighted by Gasteiger charge is 2.27. The number of ether oxygens (including phenoxy) is 1. The van der Waals surface area contributed by atoms with Gasteiger partial charge < -0.3 is 19.9 Å². The lowest BCUT2D eigenvalue weighted by molar-refractivity contribution is 0.380. The number of nitrogen functional groups attached to an aromatic ring is 1. The van der Waals surface area contributed by atoms with Crippen LogP contribution in [0.1, 0.15) is 30.3 Å². The fourth-order valence-electron chi connectivity index (χ4n) is 3.63. The fraction of sp³-hybridized carbons (Fsp3) is 0.421. The Hall–Kier alpha value is -3.23. The molecule has 1 aliphatic heterocycles. The summed E-state index contributed by atoms with van der Waals surface area (Å²) in [6, 6.07) is 4.45. The maximum absolute atomic E-state index is 5.84. The molecule has 28 heavy (non-hydrogen) atoms. The van der Waals surface area contributed by atoms with Gasteiger partial charge in [0.25, 0.3) is 0 Å². The molecule has 9 nitrogen and oxygen atoms in total. The molecule has 0 aliphatic carbocycles. The zero-order valence-corrected chi connectivity index (χ0v) is 16.3. The quantitative estimate of drug-likeness (QED) is 0.732. The molecule has 3 aromatic heterocycles. The second-order valence-corrected chi connectivity index (χ2v) is 7.02. The van der Waals surface area contributed by atoms with Crippen molar-refractivity contribution in [3.05, 3.63) is 36.0 Å². The minimum absolute atomic E-state index is 0.351. The van der Waals surface area contributed by atoms with Crippen LogP contribution >= 0.6 is 0 Å². The lowest BCUT2D eigenvalue weighted by Crippen LogP contribution is -2.34. The zero-order chi connectivity index (χ0) is 19.7. The molecule has 4 rings (SSSR count). The van der Waals surface area contributed by atoms with E-state index in [0.717, 1.165) is 54.4 Å². The van der Waals surface area contributed by atoms with E-state index in [1.807, 2.05) is 24.6 Å². The molecule has 3 aromatic rings. The summed E-state index contributed by atoms with van der Waals surface area (Å²) < 4.78 is 6.95. The summed E-state index contributed by atoms with van der Waals surface area (Å²) >= 11 is 0. The zero-order valence-electron chi connectivity index (χ0n) is 16.3. The lowest BCUT2D eigenvalue weighted by atomic mass is 9.95. The molecule has 0 saturated carbocycles. The highest BCUT2D eigenvalue weighted by Crippen LogP contribution is 2.34. The second kappa shape index (κ2) is 7.41. The van der Waals surface area contributed by atoms with E-state index in [2.05, 4.69) is 31.1 Å². The number of hydrogen-bond acceptors (Lipinski definition) is 8. The molecular weight excluding hydrogens is 356 g/mol. The summed E-state index contributed by atoms with van der Waals surface area (Å²) in [4.78, 5) is 15.6. The first-order valence-corrected chi connectivity index (χ1v) is 9.30. The third-order valence-corrected chi connectivity index (χ3v) is 5.24. The van der Waals surface area contributed by atoms with Crippen molar-refractivity contribution < 1.29 is 4.74 Å². The van der Waals surface area contributed by atoms with Crippen molar-refractivity contribution in [2.45, 2.75) is 25.7 Å². The van der Waals surface area contributed by atoms with Crippen LogP contribution in [0, 0.1) is 6.92 Å². The molecule has 0 spiro atoms. The molecule has 1 fully saturated rings. The molecule has 0 unspecified atom stereocenters. The van der Waals surface area contributed by atoms with Crippen molar-refractivity contribution in [3.63, 3.8) is 0 Å². The smallest absolute Gasteiger partial charge is 0.316 e. The van der Waals surface area contributed by atoms with Crippen molar-refractivity contribution in [2.75, 3.05) is 30.8 Å². The highest BCUT2D eigenvalue weighted by atomic mass is 16.5. The Labute approximate surface area is 163 Å². The molecule has 0 radical (unpaired) electrons. The van der Waals surface area contributed by atoms with Gasteiger partial charge in [0.1, 0.15) is 11.6 Å². The predicted octanol–water partition coefficient (Wildman–Crippen LogP) is 1.95. The van der Waals surface area contributed by atoms with Crippen LogP contribution in [-0.2, 0) is 7.05 Å². The molecule has 1 aliphatic rings. The normalized spacial score (nSPS) is 15.0. The standard InChI is InChI=1S/C19H24N8O/c1-12-4-5-15(14-10-21-19(28-3)22-11-14)17(23-12)27-8-6-13(7-9-27)16-24-25-18(20)26(16)2/h4-5,10-11,13H,6-9H2,1-3H3,(H2,20,25). The topological polar surface area (TPSA) is 108 Å². The summed E-state index contributed by atoms with van der Waals surface area (Å²) in [5.41, 5.74) is 8.76. The number of piperidine rings is 1. The van der Waals surface area contributed by atoms with Crippen molar-refractivity contribution in [1.29, 1.82) is 0 Å². The Bertz CT molecular complexity index is 961. The van der Waals surface area contributed by atoms with Crippen LogP contribution in [0.25, 0.3) is 11.1 Å². The van der Waals surface area contributed by atoms with E-state index >= 15 is 0 Å². The van der Waals surface area contributed by atoms with Gasteiger partial charge in [0, 0.05) is 55.3 Å². The number of anilines is 2. The van der Waals surface area contributed by atoms with Gasteiger partial charge in [-0.2, -0.15) is 0 Å². The van der Waals surface area contributed by atoms with Crippen molar-refractivity contribution in [3.8, 4) is 17.1 Å². The summed E-state index contributed by atoms with van der Waals surface area (Å²) in [6.07, 6.45) is 5.49. The number of pyridine rings is 1. The highest BCUT2D eigenvalue weighted by molar-refractivity contribution is 5.75. The predicted molar refractivity (Wildman–Crippen MR) is 106 cm³/mol. The van der Waals surface area contributed by atoms with Crippen molar-refractivity contribution in [2.24, 2.45) is 7.05 Å². The first-order chi connectivity index (χ1) is 13.6. The number of nitrogens with two attached hydrogens (primary N) is 1. The molecule has 2 N–H and O–H groups in total. The second-order valence-electron chi connectivity index (χ2n) is 7.02. The SMILES string of the molecule is COc1ncc(-c2ccc(C)nc2N2CCC(c3nnc(N)n3C)CC2)cn1. The minimum atomic E-state index is 0.351. The third kappa shape index (κ3) is 3.35. The monoisotopic (exact) mass is 380 g/mol. The summed E-state index contributed by atoms with van der Waals surface area (Å²) in [6.45, 7) is 3.78. The van der Waals surface area contributed by atoms with E-state index in [4.69, 9.17) is 15.5 Å². The number of aromatic nitrogens is 6. The summed E-state index contributed by atoms with van der Waals surface area (Å²) in [5.74, 6) is 2.73. The van der Waals surface area contributed by atoms with E-state index in [1.54, 1.807) is 19.5 Å². The Morgan fingerprint density at radius 2 is 1.82 bits per heavy atom. The number of hydrogen-bond donors (Lipinski definition) is 1. The van der Waals surface area contributed by atoms with Crippen LogP contribution in [0.15, 0.2) is 24.5 Å². The van der Waals surface area contributed by atoms with Crippen molar-refractivity contribution in [1.82, 2.24) is 29.7 Å². The molecule has 9 heteroatoms. The average Bonchev–Trinajstić information content (AvgIpc) is 3.07. The third-order valence-electron chi connectivity index (χ3n) is 5.24. The number of aryl methyl sites for hydroxylation is 1. The molecule has 0 bridgehead atoms. The van der Waals surface area contributed by atoms with Gasteiger partial charge in [-0.1, -0.05) is 0 Å².